The van der Waals surface area contributed by atoms with E-state index in [1.807, 2.05) is 0 Å². The van der Waals surface area contributed by atoms with E-state index in [2.05, 4.69) is 46.4 Å². The number of aliphatic hydroxyl groups excluding tert-OH is 1. The minimum atomic E-state index is -0.0975. The van der Waals surface area contributed by atoms with Crippen molar-refractivity contribution in [2.45, 2.75) is 298 Å². The molecule has 0 bridgehead atoms. The highest BCUT2D eigenvalue weighted by Crippen LogP contribution is 2.21. The Morgan fingerprint density at radius 2 is 0.645 bits per heavy atom. The van der Waals surface area contributed by atoms with Crippen LogP contribution in [0.1, 0.15) is 298 Å². The average molecular weight is 881 g/mol. The summed E-state index contributed by atoms with van der Waals surface area (Å²) in [5.74, 6) is 0.771. The molecule has 0 heterocycles. The zero-order valence-electron chi connectivity index (χ0n) is 43.2. The van der Waals surface area contributed by atoms with Crippen molar-refractivity contribution in [2.24, 2.45) is 11.8 Å². The zero-order valence-corrected chi connectivity index (χ0v) is 43.2. The Hall–Kier alpha value is -1.14. The lowest BCUT2D eigenvalue weighted by atomic mass is 9.94. The largest absolute Gasteiger partial charge is 0.465 e. The fraction of sp³-hybridized carbons (Fsp3) is 0.964. The van der Waals surface area contributed by atoms with Crippen LogP contribution in [0.4, 0.5) is 0 Å². The number of hydrogen-bond acceptors (Lipinski definition) is 6. The third kappa shape index (κ3) is 49.9. The van der Waals surface area contributed by atoms with Gasteiger partial charge in [0.15, 0.2) is 0 Å². The highest BCUT2D eigenvalue weighted by atomic mass is 16.5. The molecule has 0 radical (unpaired) electrons. The summed E-state index contributed by atoms with van der Waals surface area (Å²) >= 11 is 0. The number of carbonyl (C=O) groups excluding carboxylic acids is 2. The van der Waals surface area contributed by atoms with Gasteiger partial charge in [-0.1, -0.05) is 247 Å². The van der Waals surface area contributed by atoms with Crippen molar-refractivity contribution < 1.29 is 24.2 Å². The van der Waals surface area contributed by atoms with Crippen LogP contribution in [0.3, 0.4) is 0 Å². The normalized spacial score (nSPS) is 12.3. The van der Waals surface area contributed by atoms with Crippen molar-refractivity contribution in [2.75, 3.05) is 39.5 Å². The van der Waals surface area contributed by atoms with Crippen molar-refractivity contribution in [3.63, 3.8) is 0 Å². The minimum Gasteiger partial charge on any atom is -0.465 e. The number of carbonyl (C=O) groups is 2. The van der Waals surface area contributed by atoms with Gasteiger partial charge in [0.1, 0.15) is 0 Å². The third-order valence-electron chi connectivity index (χ3n) is 13.0. The second-order valence-electron chi connectivity index (χ2n) is 19.2. The van der Waals surface area contributed by atoms with Crippen LogP contribution in [0, 0.1) is 11.8 Å². The van der Waals surface area contributed by atoms with E-state index in [9.17, 15) is 14.7 Å². The summed E-state index contributed by atoms with van der Waals surface area (Å²) < 4.78 is 11.6. The standard InChI is InChI=1S/C48H95NO5.C8H18/c1-5-9-12-15-18-20-23-25-28-34-45(8-4)43-53-47(51)37-31-39-49(41-33-42-50)40-32-38-48(52)54-44-46(35-29-26-22-17-14-11-7-3)36-30-27-24-21-19-16-13-10-6-2;1-3-5-7-8-6-4-2/h45-46,50H,5-44H2,1-4H3;3-8H2,1-2H3. The fourth-order valence-corrected chi connectivity index (χ4v) is 8.54. The Morgan fingerprint density at radius 3 is 0.952 bits per heavy atom. The van der Waals surface area contributed by atoms with Crippen LogP contribution in [0.5, 0.6) is 0 Å². The summed E-state index contributed by atoms with van der Waals surface area (Å²) in [4.78, 5) is 27.7. The molecule has 0 saturated heterocycles. The van der Waals surface area contributed by atoms with Gasteiger partial charge < -0.3 is 19.5 Å². The predicted molar refractivity (Wildman–Crippen MR) is 271 cm³/mol. The van der Waals surface area contributed by atoms with Crippen molar-refractivity contribution in [1.82, 2.24) is 4.90 Å². The van der Waals surface area contributed by atoms with Crippen LogP contribution in [0.15, 0.2) is 0 Å². The van der Waals surface area contributed by atoms with E-state index in [-0.39, 0.29) is 18.5 Å². The van der Waals surface area contributed by atoms with E-state index in [1.54, 1.807) is 0 Å². The van der Waals surface area contributed by atoms with Crippen molar-refractivity contribution in [1.29, 1.82) is 0 Å². The molecule has 1 N–H and O–H groups in total. The molecular weight excluding hydrogens is 767 g/mol. The maximum atomic E-state index is 12.8. The summed E-state index contributed by atoms with van der Waals surface area (Å²) in [5.41, 5.74) is 0. The molecule has 0 aliphatic rings. The highest BCUT2D eigenvalue weighted by molar-refractivity contribution is 5.69. The third-order valence-corrected chi connectivity index (χ3v) is 13.0. The summed E-state index contributed by atoms with van der Waals surface area (Å²) in [6, 6.07) is 0. The van der Waals surface area contributed by atoms with Gasteiger partial charge in [0, 0.05) is 26.0 Å². The molecule has 0 aliphatic heterocycles. The lowest BCUT2D eigenvalue weighted by Gasteiger charge is -2.22. The Labute approximate surface area is 389 Å². The maximum absolute atomic E-state index is 12.8. The van der Waals surface area contributed by atoms with E-state index in [0.29, 0.717) is 44.3 Å². The Kier molecular flexibility index (Phi) is 55.0. The first-order valence-corrected chi connectivity index (χ1v) is 28.1. The van der Waals surface area contributed by atoms with Crippen molar-refractivity contribution in [3.8, 4) is 0 Å². The average Bonchev–Trinajstić information content (AvgIpc) is 3.28. The second-order valence-corrected chi connectivity index (χ2v) is 19.2. The van der Waals surface area contributed by atoms with E-state index in [1.165, 1.54) is 212 Å². The first kappa shape index (κ1) is 62.9. The van der Waals surface area contributed by atoms with Crippen LogP contribution in [-0.2, 0) is 19.1 Å². The molecule has 6 heteroatoms. The molecule has 2 unspecified atom stereocenters. The first-order valence-electron chi connectivity index (χ1n) is 28.1. The summed E-state index contributed by atoms with van der Waals surface area (Å²) in [6.45, 7) is 17.1. The molecule has 0 spiro atoms. The topological polar surface area (TPSA) is 76.1 Å². The predicted octanol–water partition coefficient (Wildman–Crippen LogP) is 17.3. The monoisotopic (exact) mass is 880 g/mol. The van der Waals surface area contributed by atoms with Gasteiger partial charge in [-0.3, -0.25) is 9.59 Å². The summed E-state index contributed by atoms with van der Waals surface area (Å²) in [5, 5.41) is 9.45. The first-order chi connectivity index (χ1) is 30.4. The van der Waals surface area contributed by atoms with E-state index in [4.69, 9.17) is 9.47 Å². The van der Waals surface area contributed by atoms with Gasteiger partial charge in [-0.05, 0) is 63.5 Å². The quantitative estimate of drug-likeness (QED) is 0.0485. The minimum absolute atomic E-state index is 0.0785. The summed E-state index contributed by atoms with van der Waals surface area (Å²) in [7, 11) is 0. The number of nitrogens with zero attached hydrogens (tertiary/aromatic N) is 1. The molecular formula is C56H113NO5. The number of aliphatic hydroxyl groups is 1. The zero-order chi connectivity index (χ0) is 45.8. The molecule has 62 heavy (non-hydrogen) atoms. The molecule has 2 atom stereocenters. The molecule has 0 rings (SSSR count). The molecule has 0 amide bonds. The smallest absolute Gasteiger partial charge is 0.305 e. The number of unbranched alkanes of at least 4 members (excludes halogenated alkanes) is 27. The lowest BCUT2D eigenvalue weighted by molar-refractivity contribution is -0.146. The molecule has 6 nitrogen and oxygen atoms in total. The Bertz CT molecular complexity index is 861. The molecule has 0 aliphatic carbocycles. The van der Waals surface area contributed by atoms with Crippen LogP contribution in [-0.4, -0.2) is 61.4 Å². The van der Waals surface area contributed by atoms with Crippen LogP contribution in [0.25, 0.3) is 0 Å². The molecule has 0 saturated carbocycles. The van der Waals surface area contributed by atoms with Gasteiger partial charge >= 0.3 is 11.9 Å². The Balaban J connectivity index is 0. The van der Waals surface area contributed by atoms with Crippen LogP contribution >= 0.6 is 0 Å². The number of esters is 2. The van der Waals surface area contributed by atoms with Crippen molar-refractivity contribution in [3.05, 3.63) is 0 Å². The van der Waals surface area contributed by atoms with Gasteiger partial charge in [-0.2, -0.15) is 0 Å². The SMILES string of the molecule is CCCCCCCC.CCCCCCCCCCCC(CC)COC(=O)CCCN(CCCO)CCCC(=O)OCC(CCCCCCCCC)CCCCCCCCCCC. The fourth-order valence-electron chi connectivity index (χ4n) is 8.54. The molecule has 0 aromatic heterocycles. The van der Waals surface area contributed by atoms with Crippen LogP contribution < -0.4 is 0 Å². The van der Waals surface area contributed by atoms with Gasteiger partial charge in [-0.25, -0.2) is 0 Å². The second kappa shape index (κ2) is 54.2. The van der Waals surface area contributed by atoms with Gasteiger partial charge in [0.05, 0.1) is 13.2 Å². The van der Waals surface area contributed by atoms with E-state index >= 15 is 0 Å². The molecule has 372 valence electrons. The molecule has 0 fully saturated rings. The lowest BCUT2D eigenvalue weighted by Crippen LogP contribution is -2.29. The maximum Gasteiger partial charge on any atom is 0.305 e. The van der Waals surface area contributed by atoms with Gasteiger partial charge in [-0.15, -0.1) is 0 Å². The van der Waals surface area contributed by atoms with Crippen LogP contribution in [0.2, 0.25) is 0 Å². The van der Waals surface area contributed by atoms with E-state index < -0.39 is 0 Å². The molecule has 0 aromatic carbocycles. The summed E-state index contributed by atoms with van der Waals surface area (Å²) in [6.07, 6.45) is 49.4. The van der Waals surface area contributed by atoms with Gasteiger partial charge in [0.25, 0.3) is 0 Å². The number of rotatable bonds is 49. The number of ether oxygens (including phenoxy) is 2. The van der Waals surface area contributed by atoms with Gasteiger partial charge in [0.2, 0.25) is 0 Å². The highest BCUT2D eigenvalue weighted by Gasteiger charge is 2.15. The Morgan fingerprint density at radius 1 is 0.371 bits per heavy atom. The molecule has 0 aromatic rings. The number of hydrogen-bond donors (Lipinski definition) is 1. The van der Waals surface area contributed by atoms with E-state index in [0.717, 1.165) is 45.3 Å². The van der Waals surface area contributed by atoms with Crippen molar-refractivity contribution >= 4 is 11.9 Å².